The third kappa shape index (κ3) is 2.97. The minimum Gasteiger partial charge on any atom is -0.454 e. The summed E-state index contributed by atoms with van der Waals surface area (Å²) in [5, 5.41) is 10.9. The summed E-state index contributed by atoms with van der Waals surface area (Å²) in [4.78, 5) is 22.2. The van der Waals surface area contributed by atoms with Crippen LogP contribution in [0.4, 0.5) is 0 Å². The molecule has 0 saturated carbocycles. The van der Waals surface area contributed by atoms with Crippen molar-refractivity contribution in [3.05, 3.63) is 75.4 Å². The number of hydrogen-bond acceptors (Lipinski definition) is 4. The SMILES string of the molecule is Cc1ccc2c(c1)Oc1c(C#N)/c(=N/C(=O)C(C)(C)C)n3c(c1=C2)=NC1C=CC=CC13. The molecular formula is C25H22N4O2. The van der Waals surface area contributed by atoms with Gasteiger partial charge in [-0.2, -0.15) is 10.3 Å². The summed E-state index contributed by atoms with van der Waals surface area (Å²) >= 11 is 0. The van der Waals surface area contributed by atoms with Gasteiger partial charge in [0.25, 0.3) is 5.91 Å². The van der Waals surface area contributed by atoms with E-state index in [2.05, 4.69) is 11.1 Å². The maximum Gasteiger partial charge on any atom is 0.253 e. The largest absolute Gasteiger partial charge is 0.454 e. The molecule has 3 aliphatic rings. The molecule has 2 atom stereocenters. The summed E-state index contributed by atoms with van der Waals surface area (Å²) in [6, 6.07) is 7.96. The molecule has 0 radical (unpaired) electrons. The van der Waals surface area contributed by atoms with Crippen molar-refractivity contribution in [3.8, 4) is 17.6 Å². The zero-order valence-corrected chi connectivity index (χ0v) is 17.9. The van der Waals surface area contributed by atoms with Gasteiger partial charge < -0.3 is 4.74 Å². The zero-order valence-electron chi connectivity index (χ0n) is 17.9. The smallest absolute Gasteiger partial charge is 0.253 e. The second-order valence-corrected chi connectivity index (χ2v) is 9.08. The maximum atomic E-state index is 12.9. The average Bonchev–Trinajstić information content (AvgIpc) is 3.11. The first kappa shape index (κ1) is 19.3. The van der Waals surface area contributed by atoms with Gasteiger partial charge in [-0.1, -0.05) is 57.2 Å². The lowest BCUT2D eigenvalue weighted by molar-refractivity contribution is -0.125. The molecule has 2 aromatic rings. The highest BCUT2D eigenvalue weighted by molar-refractivity contribution is 5.82. The Balaban J connectivity index is 1.93. The number of nitriles is 1. The highest BCUT2D eigenvalue weighted by Gasteiger charge is 2.32. The fourth-order valence-corrected chi connectivity index (χ4v) is 4.01. The summed E-state index contributed by atoms with van der Waals surface area (Å²) in [5.41, 5.74) is 2.53. The predicted molar refractivity (Wildman–Crippen MR) is 116 cm³/mol. The van der Waals surface area contributed by atoms with E-state index in [4.69, 9.17) is 9.73 Å². The Morgan fingerprint density at radius 1 is 1.26 bits per heavy atom. The molecule has 1 amide bonds. The second kappa shape index (κ2) is 6.64. The number of ether oxygens (including phenoxy) is 1. The Morgan fingerprint density at radius 2 is 2.03 bits per heavy atom. The molecule has 3 heterocycles. The van der Waals surface area contributed by atoms with Crippen molar-refractivity contribution in [2.45, 2.75) is 39.8 Å². The molecular weight excluding hydrogens is 388 g/mol. The van der Waals surface area contributed by atoms with Crippen LogP contribution in [0, 0.1) is 23.7 Å². The number of aryl methyl sites for hydroxylation is 1. The maximum absolute atomic E-state index is 12.9. The first-order chi connectivity index (χ1) is 14.8. The van der Waals surface area contributed by atoms with Crippen LogP contribution in [0.25, 0.3) is 6.08 Å². The molecule has 0 fully saturated rings. The molecule has 2 unspecified atom stereocenters. The van der Waals surface area contributed by atoms with Crippen molar-refractivity contribution in [1.29, 1.82) is 5.26 Å². The number of allylic oxidation sites excluding steroid dienone is 2. The standard InChI is InChI=1S/C25H22N4O2/c1-14-9-10-15-12-16-21(31-20(15)11-14)17(13-26)23(28-24(30)25(2,3)4)29-19-8-6-5-7-18(19)27-22(16)29/h5-12,18-19H,1-4H3/b28-23-. The first-order valence-corrected chi connectivity index (χ1v) is 10.3. The van der Waals surface area contributed by atoms with Gasteiger partial charge in [-0.05, 0) is 24.6 Å². The average molecular weight is 410 g/mol. The third-order valence-corrected chi connectivity index (χ3v) is 5.68. The lowest BCUT2D eigenvalue weighted by Crippen LogP contribution is -2.46. The number of fused-ring (bicyclic) bond motifs is 6. The molecule has 5 rings (SSSR count). The van der Waals surface area contributed by atoms with Crippen molar-refractivity contribution >= 4 is 12.0 Å². The van der Waals surface area contributed by atoms with Gasteiger partial charge in [-0.15, -0.1) is 0 Å². The quantitative estimate of drug-likeness (QED) is 0.572. The van der Waals surface area contributed by atoms with Gasteiger partial charge in [0, 0.05) is 11.0 Å². The summed E-state index contributed by atoms with van der Waals surface area (Å²) in [6.07, 6.45) is 9.97. The van der Waals surface area contributed by atoms with Crippen LogP contribution in [0.1, 0.15) is 43.5 Å². The van der Waals surface area contributed by atoms with Crippen molar-refractivity contribution in [2.24, 2.45) is 15.4 Å². The first-order valence-electron chi connectivity index (χ1n) is 10.3. The van der Waals surface area contributed by atoms with Crippen LogP contribution in [0.2, 0.25) is 0 Å². The Bertz CT molecular complexity index is 1440. The van der Waals surface area contributed by atoms with Crippen molar-refractivity contribution < 1.29 is 9.53 Å². The van der Waals surface area contributed by atoms with E-state index in [1.165, 1.54) is 0 Å². The molecule has 154 valence electrons. The molecule has 1 aromatic heterocycles. The number of pyridine rings is 1. The van der Waals surface area contributed by atoms with Crippen LogP contribution >= 0.6 is 0 Å². The van der Waals surface area contributed by atoms with E-state index < -0.39 is 5.41 Å². The second-order valence-electron chi connectivity index (χ2n) is 9.08. The van der Waals surface area contributed by atoms with Gasteiger partial charge in [0.1, 0.15) is 22.9 Å². The van der Waals surface area contributed by atoms with Gasteiger partial charge in [0.2, 0.25) is 0 Å². The molecule has 1 aromatic carbocycles. The number of benzene rings is 1. The number of nitrogens with zero attached hydrogens (tertiary/aromatic N) is 4. The van der Waals surface area contributed by atoms with Crippen LogP contribution in [0.5, 0.6) is 11.5 Å². The number of rotatable bonds is 0. The normalized spacial score (nSPS) is 20.4. The molecule has 1 aliphatic carbocycles. The summed E-state index contributed by atoms with van der Waals surface area (Å²) in [7, 11) is 0. The topological polar surface area (TPSA) is 79.7 Å². The highest BCUT2D eigenvalue weighted by atomic mass is 16.5. The molecule has 2 aliphatic heterocycles. The summed E-state index contributed by atoms with van der Waals surface area (Å²) in [5.74, 6) is 0.786. The van der Waals surface area contributed by atoms with Crippen molar-refractivity contribution in [3.63, 3.8) is 0 Å². The van der Waals surface area contributed by atoms with Gasteiger partial charge in [-0.25, -0.2) is 0 Å². The zero-order chi connectivity index (χ0) is 21.9. The van der Waals surface area contributed by atoms with Crippen molar-refractivity contribution in [1.82, 2.24) is 4.57 Å². The number of carbonyl (C=O) groups excluding carboxylic acids is 1. The fraction of sp³-hybridized carbons (Fsp3) is 0.280. The number of carbonyl (C=O) groups is 1. The van der Waals surface area contributed by atoms with E-state index in [1.807, 2.05) is 80.8 Å². The monoisotopic (exact) mass is 410 g/mol. The van der Waals surface area contributed by atoms with Crippen LogP contribution in [0.15, 0.2) is 52.5 Å². The fourth-order valence-electron chi connectivity index (χ4n) is 4.01. The van der Waals surface area contributed by atoms with E-state index in [1.54, 1.807) is 0 Å². The Labute approximate surface area is 179 Å². The number of hydrogen-bond donors (Lipinski definition) is 0. The van der Waals surface area contributed by atoms with Gasteiger partial charge >= 0.3 is 0 Å². The molecule has 0 N–H and O–H groups in total. The molecule has 6 heteroatoms. The molecule has 0 saturated heterocycles. The number of amides is 1. The van der Waals surface area contributed by atoms with Gasteiger partial charge in [0.05, 0.1) is 17.3 Å². The Hall–Kier alpha value is -3.72. The molecule has 6 nitrogen and oxygen atoms in total. The van der Waals surface area contributed by atoms with Crippen LogP contribution in [-0.2, 0) is 4.79 Å². The van der Waals surface area contributed by atoms with E-state index in [-0.39, 0.29) is 23.6 Å². The molecule has 31 heavy (non-hydrogen) atoms. The van der Waals surface area contributed by atoms with Crippen LogP contribution < -0.4 is 20.9 Å². The summed E-state index contributed by atoms with van der Waals surface area (Å²) in [6.45, 7) is 7.43. The predicted octanol–water partition coefficient (Wildman–Crippen LogP) is 2.75. The Morgan fingerprint density at radius 3 is 2.77 bits per heavy atom. The number of aromatic nitrogens is 1. The minimum atomic E-state index is -0.676. The van der Waals surface area contributed by atoms with Crippen molar-refractivity contribution in [2.75, 3.05) is 0 Å². The Kier molecular flexibility index (Phi) is 4.13. The lowest BCUT2D eigenvalue weighted by atomic mass is 9.96. The van der Waals surface area contributed by atoms with Gasteiger partial charge in [0.15, 0.2) is 11.2 Å². The van der Waals surface area contributed by atoms with Crippen LogP contribution in [0.3, 0.4) is 0 Å². The minimum absolute atomic E-state index is 0.116. The lowest BCUT2D eigenvalue weighted by Gasteiger charge is -2.21. The molecule has 0 bridgehead atoms. The summed E-state index contributed by atoms with van der Waals surface area (Å²) < 4.78 is 8.14. The van der Waals surface area contributed by atoms with E-state index >= 15 is 0 Å². The van der Waals surface area contributed by atoms with E-state index in [0.717, 1.165) is 16.3 Å². The third-order valence-electron chi connectivity index (χ3n) is 5.68. The van der Waals surface area contributed by atoms with Crippen LogP contribution in [-0.4, -0.2) is 16.5 Å². The molecule has 0 spiro atoms. The van der Waals surface area contributed by atoms with E-state index in [9.17, 15) is 10.1 Å². The highest BCUT2D eigenvalue weighted by Crippen LogP contribution is 2.31. The van der Waals surface area contributed by atoms with Gasteiger partial charge in [-0.3, -0.25) is 14.4 Å². The van der Waals surface area contributed by atoms with E-state index in [0.29, 0.717) is 22.5 Å².